The molecule has 80 valence electrons. The van der Waals surface area contributed by atoms with Gasteiger partial charge in [0, 0.05) is 19.8 Å². The normalized spacial score (nSPS) is 10.9. The maximum absolute atomic E-state index is 9.02. The van der Waals surface area contributed by atoms with Crippen LogP contribution in [0.3, 0.4) is 0 Å². The van der Waals surface area contributed by atoms with E-state index >= 15 is 0 Å². The fourth-order valence-electron chi connectivity index (χ4n) is 1.63. The first-order valence-corrected chi connectivity index (χ1v) is 4.88. The molecule has 0 aliphatic carbocycles. The molecule has 1 heterocycles. The molecule has 0 radical (unpaired) electrons. The Hall–Kier alpha value is -1.55. The van der Waals surface area contributed by atoms with Crippen LogP contribution < -0.4 is 4.90 Å². The van der Waals surface area contributed by atoms with Crippen LogP contribution in [0, 0.1) is 6.92 Å². The van der Waals surface area contributed by atoms with Crippen molar-refractivity contribution in [1.82, 2.24) is 9.55 Å². The largest absolute Gasteiger partial charge is 0.376 e. The summed E-state index contributed by atoms with van der Waals surface area (Å²) in [5.41, 5.74) is 3.05. The average Bonchev–Trinajstić information content (AvgIpc) is 2.53. The molecule has 0 bridgehead atoms. The Labute approximate surface area is 88.8 Å². The number of benzene rings is 1. The van der Waals surface area contributed by atoms with Gasteiger partial charge in [-0.1, -0.05) is 0 Å². The van der Waals surface area contributed by atoms with E-state index in [1.54, 1.807) is 4.90 Å². The van der Waals surface area contributed by atoms with Gasteiger partial charge in [0.25, 0.3) is 0 Å². The summed E-state index contributed by atoms with van der Waals surface area (Å²) in [6.07, 6.45) is 0. The van der Waals surface area contributed by atoms with Gasteiger partial charge in [0.05, 0.1) is 11.0 Å². The molecule has 1 N–H and O–H groups in total. The summed E-state index contributed by atoms with van der Waals surface area (Å²) < 4.78 is 2.05. The molecule has 0 unspecified atom stereocenters. The van der Waals surface area contributed by atoms with Crippen molar-refractivity contribution in [3.63, 3.8) is 0 Å². The molecule has 15 heavy (non-hydrogen) atoms. The van der Waals surface area contributed by atoms with E-state index in [-0.39, 0.29) is 6.73 Å². The lowest BCUT2D eigenvalue weighted by atomic mass is 10.2. The van der Waals surface area contributed by atoms with Crippen LogP contribution >= 0.6 is 0 Å². The number of aromatic nitrogens is 2. The van der Waals surface area contributed by atoms with Crippen molar-refractivity contribution >= 4 is 16.7 Å². The average molecular weight is 205 g/mol. The molecule has 0 aliphatic rings. The SMILES string of the molecule is Cc1nc2cc(N(C)CO)ccc2n1C. The zero-order chi connectivity index (χ0) is 11.0. The summed E-state index contributed by atoms with van der Waals surface area (Å²) in [6.45, 7) is 1.99. The highest BCUT2D eigenvalue weighted by Gasteiger charge is 2.06. The zero-order valence-corrected chi connectivity index (χ0v) is 9.23. The molecule has 0 atom stereocenters. The van der Waals surface area contributed by atoms with Crippen LogP contribution in [0.15, 0.2) is 18.2 Å². The van der Waals surface area contributed by atoms with Crippen molar-refractivity contribution in [2.45, 2.75) is 6.92 Å². The monoisotopic (exact) mass is 205 g/mol. The second-order valence-electron chi connectivity index (χ2n) is 3.73. The topological polar surface area (TPSA) is 41.3 Å². The van der Waals surface area contributed by atoms with Crippen molar-refractivity contribution in [2.24, 2.45) is 7.05 Å². The Morgan fingerprint density at radius 2 is 2.20 bits per heavy atom. The molecular formula is C11H15N3O. The predicted octanol–water partition coefficient (Wildman–Crippen LogP) is 1.27. The van der Waals surface area contributed by atoms with Gasteiger partial charge < -0.3 is 14.6 Å². The van der Waals surface area contributed by atoms with Crippen molar-refractivity contribution in [2.75, 3.05) is 18.7 Å². The van der Waals surface area contributed by atoms with Gasteiger partial charge in [-0.05, 0) is 25.1 Å². The minimum Gasteiger partial charge on any atom is -0.376 e. The number of fused-ring (bicyclic) bond motifs is 1. The molecule has 0 fully saturated rings. The first-order chi connectivity index (χ1) is 7.13. The van der Waals surface area contributed by atoms with Crippen LogP contribution in [-0.4, -0.2) is 28.4 Å². The molecule has 1 aromatic carbocycles. The van der Waals surface area contributed by atoms with Gasteiger partial charge in [-0.15, -0.1) is 0 Å². The molecule has 0 saturated heterocycles. The second kappa shape index (κ2) is 3.55. The molecule has 1 aromatic heterocycles. The molecule has 2 rings (SSSR count). The third-order valence-electron chi connectivity index (χ3n) is 2.74. The van der Waals surface area contributed by atoms with Gasteiger partial charge in [0.15, 0.2) is 0 Å². The first-order valence-electron chi connectivity index (χ1n) is 4.88. The summed E-state index contributed by atoms with van der Waals surface area (Å²) in [4.78, 5) is 6.21. The fourth-order valence-corrected chi connectivity index (χ4v) is 1.63. The van der Waals surface area contributed by atoms with Crippen LogP contribution in [0.25, 0.3) is 11.0 Å². The van der Waals surface area contributed by atoms with Gasteiger partial charge in [-0.25, -0.2) is 4.98 Å². The zero-order valence-electron chi connectivity index (χ0n) is 9.23. The summed E-state index contributed by atoms with van der Waals surface area (Å²) >= 11 is 0. The molecule has 0 amide bonds. The standard InChI is InChI=1S/C11H15N3O/c1-8-12-10-6-9(13(2)7-15)4-5-11(10)14(8)3/h4-6,15H,7H2,1-3H3. The number of aliphatic hydroxyl groups is 1. The Morgan fingerprint density at radius 3 is 2.87 bits per heavy atom. The molecule has 0 spiro atoms. The first kappa shape index (κ1) is 9.98. The van der Waals surface area contributed by atoms with Crippen molar-refractivity contribution in [3.05, 3.63) is 24.0 Å². The number of aliphatic hydroxyl groups excluding tert-OH is 1. The molecule has 0 saturated carbocycles. The van der Waals surface area contributed by atoms with E-state index in [9.17, 15) is 0 Å². The Kier molecular flexibility index (Phi) is 2.36. The molecular weight excluding hydrogens is 190 g/mol. The Balaban J connectivity index is 2.57. The van der Waals surface area contributed by atoms with E-state index in [4.69, 9.17) is 5.11 Å². The Morgan fingerprint density at radius 1 is 1.47 bits per heavy atom. The lowest BCUT2D eigenvalue weighted by Crippen LogP contribution is -2.17. The molecule has 4 nitrogen and oxygen atoms in total. The van der Waals surface area contributed by atoms with E-state index in [1.807, 2.05) is 39.2 Å². The second-order valence-corrected chi connectivity index (χ2v) is 3.73. The van der Waals surface area contributed by atoms with Crippen molar-refractivity contribution in [1.29, 1.82) is 0 Å². The maximum Gasteiger partial charge on any atom is 0.115 e. The van der Waals surface area contributed by atoms with Crippen LogP contribution in [0.2, 0.25) is 0 Å². The third-order valence-corrected chi connectivity index (χ3v) is 2.74. The van der Waals surface area contributed by atoms with Gasteiger partial charge in [-0.2, -0.15) is 0 Å². The predicted molar refractivity (Wildman–Crippen MR) is 60.9 cm³/mol. The summed E-state index contributed by atoms with van der Waals surface area (Å²) in [5.74, 6) is 0.994. The van der Waals surface area contributed by atoms with Crippen LogP contribution in [-0.2, 0) is 7.05 Å². The quantitative estimate of drug-likeness (QED) is 0.751. The highest BCUT2D eigenvalue weighted by Crippen LogP contribution is 2.21. The number of anilines is 1. The summed E-state index contributed by atoms with van der Waals surface area (Å²) in [5, 5.41) is 9.02. The van der Waals surface area contributed by atoms with E-state index in [2.05, 4.69) is 9.55 Å². The van der Waals surface area contributed by atoms with Gasteiger partial charge in [0.2, 0.25) is 0 Å². The molecule has 4 heteroatoms. The summed E-state index contributed by atoms with van der Waals surface area (Å²) in [6, 6.07) is 6.00. The van der Waals surface area contributed by atoms with Gasteiger partial charge in [0.1, 0.15) is 12.6 Å². The third kappa shape index (κ3) is 1.57. The van der Waals surface area contributed by atoms with Crippen molar-refractivity contribution in [3.8, 4) is 0 Å². The highest BCUT2D eigenvalue weighted by atomic mass is 16.3. The fraction of sp³-hybridized carbons (Fsp3) is 0.364. The number of rotatable bonds is 2. The van der Waals surface area contributed by atoms with Crippen LogP contribution in [0.5, 0.6) is 0 Å². The number of hydrogen-bond donors (Lipinski definition) is 1. The van der Waals surface area contributed by atoms with Gasteiger partial charge >= 0.3 is 0 Å². The van der Waals surface area contributed by atoms with Crippen LogP contribution in [0.4, 0.5) is 5.69 Å². The Bertz CT molecular complexity index is 490. The van der Waals surface area contributed by atoms with E-state index in [1.165, 1.54) is 0 Å². The molecule has 0 aliphatic heterocycles. The summed E-state index contributed by atoms with van der Waals surface area (Å²) in [7, 11) is 3.84. The number of imidazole rings is 1. The van der Waals surface area contributed by atoms with E-state index in [0.717, 1.165) is 22.5 Å². The molecule has 2 aromatic rings. The number of aryl methyl sites for hydroxylation is 2. The number of hydrogen-bond acceptors (Lipinski definition) is 3. The van der Waals surface area contributed by atoms with Crippen LogP contribution in [0.1, 0.15) is 5.82 Å². The minimum absolute atomic E-state index is 0.0112. The smallest absolute Gasteiger partial charge is 0.115 e. The highest BCUT2D eigenvalue weighted by molar-refractivity contribution is 5.80. The van der Waals surface area contributed by atoms with Crippen molar-refractivity contribution < 1.29 is 5.11 Å². The minimum atomic E-state index is 0.0112. The number of nitrogens with zero attached hydrogens (tertiary/aromatic N) is 3. The lowest BCUT2D eigenvalue weighted by molar-refractivity contribution is 0.298. The van der Waals surface area contributed by atoms with Gasteiger partial charge in [-0.3, -0.25) is 0 Å². The van der Waals surface area contributed by atoms with E-state index in [0.29, 0.717) is 0 Å². The van der Waals surface area contributed by atoms with E-state index < -0.39 is 0 Å². The maximum atomic E-state index is 9.02. The lowest BCUT2D eigenvalue weighted by Gasteiger charge is -2.15.